The van der Waals surface area contributed by atoms with Gasteiger partial charge in [0.1, 0.15) is 0 Å². The number of anilines is 1. The van der Waals surface area contributed by atoms with Gasteiger partial charge >= 0.3 is 0 Å². The van der Waals surface area contributed by atoms with Crippen LogP contribution in [0.2, 0.25) is 0 Å². The van der Waals surface area contributed by atoms with Crippen molar-refractivity contribution in [3.63, 3.8) is 0 Å². The number of rotatable bonds is 5. The first-order chi connectivity index (χ1) is 8.45. The van der Waals surface area contributed by atoms with Crippen LogP contribution in [0.15, 0.2) is 24.3 Å². The number of alkyl halides is 1. The third kappa shape index (κ3) is 4.02. The summed E-state index contributed by atoms with van der Waals surface area (Å²) in [5.74, 6) is 0.399. The van der Waals surface area contributed by atoms with Crippen LogP contribution < -0.4 is 10.2 Å². The number of benzene rings is 1. The van der Waals surface area contributed by atoms with Gasteiger partial charge in [0.25, 0.3) is 5.91 Å². The molecule has 1 N–H and O–H groups in total. The molecule has 0 aliphatic carbocycles. The first-order valence-corrected chi connectivity index (χ1v) is 7.22. The van der Waals surface area contributed by atoms with Gasteiger partial charge in [-0.3, -0.25) is 4.79 Å². The number of nitrogens with zero attached hydrogens (tertiary/aromatic N) is 1. The predicted molar refractivity (Wildman–Crippen MR) is 80.7 cm³/mol. The number of hydrogen-bond donors (Lipinski definition) is 1. The lowest BCUT2D eigenvalue weighted by molar-refractivity contribution is 0.0931. The Morgan fingerprint density at radius 3 is 2.28 bits per heavy atom. The lowest BCUT2D eigenvalue weighted by Gasteiger charge is -2.19. The van der Waals surface area contributed by atoms with E-state index in [0.29, 0.717) is 11.5 Å². The van der Waals surface area contributed by atoms with Crippen LogP contribution in [-0.2, 0) is 0 Å². The molecule has 2 unspecified atom stereocenters. The van der Waals surface area contributed by atoms with Crippen LogP contribution >= 0.6 is 15.9 Å². The summed E-state index contributed by atoms with van der Waals surface area (Å²) in [4.78, 5) is 14.0. The van der Waals surface area contributed by atoms with Crippen molar-refractivity contribution in [1.82, 2.24) is 5.32 Å². The van der Waals surface area contributed by atoms with Gasteiger partial charge in [0.05, 0.1) is 0 Å². The van der Waals surface area contributed by atoms with Crippen molar-refractivity contribution in [3.8, 4) is 0 Å². The van der Waals surface area contributed by atoms with Crippen LogP contribution in [0.5, 0.6) is 0 Å². The predicted octanol–water partition coefficient (Wildman–Crippen LogP) is 2.90. The van der Waals surface area contributed by atoms with E-state index in [1.807, 2.05) is 50.2 Å². The van der Waals surface area contributed by atoms with E-state index in [0.717, 1.165) is 11.0 Å². The second-order valence-electron chi connectivity index (χ2n) is 4.84. The van der Waals surface area contributed by atoms with Gasteiger partial charge in [-0.05, 0) is 37.1 Å². The van der Waals surface area contributed by atoms with E-state index in [1.54, 1.807) is 0 Å². The van der Waals surface area contributed by atoms with Crippen molar-refractivity contribution in [1.29, 1.82) is 0 Å². The quantitative estimate of drug-likeness (QED) is 0.848. The molecule has 0 spiro atoms. The molecule has 0 heterocycles. The standard InChI is InChI=1S/C14H21BrN2O/c1-10(9-15)11(2)16-14(18)12-5-7-13(8-6-12)17(3)4/h5-8,10-11H,9H2,1-4H3,(H,16,18). The molecule has 0 aromatic heterocycles. The van der Waals surface area contributed by atoms with Gasteiger partial charge in [-0.15, -0.1) is 0 Å². The maximum absolute atomic E-state index is 12.0. The molecule has 0 saturated heterocycles. The lowest BCUT2D eigenvalue weighted by Crippen LogP contribution is -2.37. The number of carbonyl (C=O) groups is 1. The first-order valence-electron chi connectivity index (χ1n) is 6.10. The van der Waals surface area contributed by atoms with Gasteiger partial charge in [0.2, 0.25) is 0 Å². The number of hydrogen-bond acceptors (Lipinski definition) is 2. The zero-order chi connectivity index (χ0) is 13.7. The minimum absolute atomic E-state index is 0.0133. The SMILES string of the molecule is CC(CBr)C(C)NC(=O)c1ccc(N(C)C)cc1. The van der Waals surface area contributed by atoms with Gasteiger partial charge in [-0.25, -0.2) is 0 Å². The Labute approximate surface area is 118 Å². The second kappa shape index (κ2) is 6.78. The molecule has 0 fully saturated rings. The van der Waals surface area contributed by atoms with Crippen molar-refractivity contribution >= 4 is 27.5 Å². The minimum Gasteiger partial charge on any atom is -0.378 e. The van der Waals surface area contributed by atoms with Gasteiger partial charge in [-0.1, -0.05) is 22.9 Å². The topological polar surface area (TPSA) is 32.3 Å². The highest BCUT2D eigenvalue weighted by Gasteiger charge is 2.14. The molecule has 1 amide bonds. The fourth-order valence-corrected chi connectivity index (χ4v) is 2.04. The van der Waals surface area contributed by atoms with Crippen molar-refractivity contribution in [2.45, 2.75) is 19.9 Å². The van der Waals surface area contributed by atoms with Crippen molar-refractivity contribution in [3.05, 3.63) is 29.8 Å². The molecule has 1 aromatic rings. The average Bonchev–Trinajstić information content (AvgIpc) is 2.37. The Hall–Kier alpha value is -1.03. The second-order valence-corrected chi connectivity index (χ2v) is 5.48. The van der Waals surface area contributed by atoms with Gasteiger partial charge in [-0.2, -0.15) is 0 Å². The van der Waals surface area contributed by atoms with Gasteiger partial charge in [0.15, 0.2) is 0 Å². The zero-order valence-corrected chi connectivity index (χ0v) is 13.0. The monoisotopic (exact) mass is 312 g/mol. The molecule has 4 heteroatoms. The van der Waals surface area contributed by atoms with E-state index in [1.165, 1.54) is 0 Å². The Balaban J connectivity index is 2.67. The van der Waals surface area contributed by atoms with E-state index in [2.05, 4.69) is 28.2 Å². The highest BCUT2D eigenvalue weighted by Crippen LogP contribution is 2.13. The van der Waals surface area contributed by atoms with Crippen LogP contribution in [-0.4, -0.2) is 31.4 Å². The fourth-order valence-electron chi connectivity index (χ4n) is 1.48. The smallest absolute Gasteiger partial charge is 0.251 e. The Bertz CT molecular complexity index is 389. The first kappa shape index (κ1) is 15.0. The number of amides is 1. The maximum Gasteiger partial charge on any atom is 0.251 e. The third-order valence-electron chi connectivity index (χ3n) is 3.10. The molecule has 2 atom stereocenters. The Morgan fingerprint density at radius 2 is 1.83 bits per heavy atom. The Kier molecular flexibility index (Phi) is 5.66. The van der Waals surface area contributed by atoms with Gasteiger partial charge < -0.3 is 10.2 Å². The fraction of sp³-hybridized carbons (Fsp3) is 0.500. The summed E-state index contributed by atoms with van der Waals surface area (Å²) in [6.45, 7) is 4.13. The summed E-state index contributed by atoms with van der Waals surface area (Å²) >= 11 is 3.43. The van der Waals surface area contributed by atoms with Crippen molar-refractivity contribution in [2.75, 3.05) is 24.3 Å². The van der Waals surface area contributed by atoms with Crippen LogP contribution in [0.4, 0.5) is 5.69 Å². The van der Waals surface area contributed by atoms with Crippen LogP contribution in [0.25, 0.3) is 0 Å². The van der Waals surface area contributed by atoms with Crippen LogP contribution in [0.3, 0.4) is 0 Å². The van der Waals surface area contributed by atoms with E-state index in [9.17, 15) is 4.79 Å². The van der Waals surface area contributed by atoms with E-state index < -0.39 is 0 Å². The molecular formula is C14H21BrN2O. The molecule has 100 valence electrons. The molecule has 1 rings (SSSR count). The van der Waals surface area contributed by atoms with E-state index in [-0.39, 0.29) is 11.9 Å². The van der Waals surface area contributed by atoms with Crippen molar-refractivity contribution < 1.29 is 4.79 Å². The molecule has 3 nitrogen and oxygen atoms in total. The van der Waals surface area contributed by atoms with Crippen molar-refractivity contribution in [2.24, 2.45) is 5.92 Å². The molecule has 0 aliphatic heterocycles. The maximum atomic E-state index is 12.0. The summed E-state index contributed by atoms with van der Waals surface area (Å²) in [6, 6.07) is 7.78. The van der Waals surface area contributed by atoms with Crippen LogP contribution in [0, 0.1) is 5.92 Å². The summed E-state index contributed by atoms with van der Waals surface area (Å²) in [5.41, 5.74) is 1.79. The minimum atomic E-state index is -0.0133. The number of carbonyl (C=O) groups excluding carboxylic acids is 1. The normalized spacial score (nSPS) is 13.8. The Morgan fingerprint density at radius 1 is 1.28 bits per heavy atom. The summed E-state index contributed by atoms with van der Waals surface area (Å²) in [5, 5.41) is 3.90. The summed E-state index contributed by atoms with van der Waals surface area (Å²) < 4.78 is 0. The molecule has 0 radical (unpaired) electrons. The van der Waals surface area contributed by atoms with Gasteiger partial charge in [0, 0.05) is 36.7 Å². The van der Waals surface area contributed by atoms with Crippen LogP contribution in [0.1, 0.15) is 24.2 Å². The lowest BCUT2D eigenvalue weighted by atomic mass is 10.1. The largest absolute Gasteiger partial charge is 0.378 e. The number of nitrogens with one attached hydrogen (secondary N) is 1. The molecule has 0 saturated carbocycles. The highest BCUT2D eigenvalue weighted by atomic mass is 79.9. The summed E-state index contributed by atoms with van der Waals surface area (Å²) in [6.07, 6.45) is 0. The highest BCUT2D eigenvalue weighted by molar-refractivity contribution is 9.09. The average molecular weight is 313 g/mol. The molecule has 18 heavy (non-hydrogen) atoms. The summed E-state index contributed by atoms with van der Waals surface area (Å²) in [7, 11) is 3.96. The third-order valence-corrected chi connectivity index (χ3v) is 4.12. The number of halogens is 1. The van der Waals surface area contributed by atoms with E-state index in [4.69, 9.17) is 0 Å². The molecule has 1 aromatic carbocycles. The zero-order valence-electron chi connectivity index (χ0n) is 11.4. The molecular weight excluding hydrogens is 292 g/mol. The molecule has 0 bridgehead atoms. The van der Waals surface area contributed by atoms with E-state index >= 15 is 0 Å². The molecule has 0 aliphatic rings.